The van der Waals surface area contributed by atoms with E-state index in [0.717, 1.165) is 37.3 Å². The first kappa shape index (κ1) is 21.7. The number of hydrogen-bond donors (Lipinski definition) is 1. The van der Waals surface area contributed by atoms with E-state index >= 15 is 0 Å². The van der Waals surface area contributed by atoms with Gasteiger partial charge in [0.2, 0.25) is 0 Å². The average molecular weight is 410 g/mol. The fraction of sp³-hybridized carbons (Fsp3) is 0.720. The molecule has 30 heavy (non-hydrogen) atoms. The summed E-state index contributed by atoms with van der Waals surface area (Å²) < 4.78 is 6.25. The van der Waals surface area contributed by atoms with Gasteiger partial charge < -0.3 is 9.84 Å². The van der Waals surface area contributed by atoms with Gasteiger partial charge in [-0.1, -0.05) is 52.8 Å². The standard InChI is InChI=1S/C25H37BNO3/c1-6-16(8-7-14(2)3)27-12-17(13-27)30-20-10-9-18-19(22(20)25(28)29)11-26-24-21(15(4)5)23(18)24/h9-10,14-17,21,23-24H,6-8,11-13H2,1-5H3,(H,28,29). The van der Waals surface area contributed by atoms with Crippen LogP contribution >= 0.6 is 0 Å². The summed E-state index contributed by atoms with van der Waals surface area (Å²) in [6.45, 7) is 13.2. The number of hydrogen-bond acceptors (Lipinski definition) is 3. The van der Waals surface area contributed by atoms with Crippen molar-refractivity contribution >= 4 is 13.2 Å². The van der Waals surface area contributed by atoms with Crippen molar-refractivity contribution in [2.24, 2.45) is 17.8 Å². The summed E-state index contributed by atoms with van der Waals surface area (Å²) in [6, 6.07) is 4.70. The van der Waals surface area contributed by atoms with E-state index in [-0.39, 0.29) is 6.10 Å². The minimum Gasteiger partial charge on any atom is -0.487 e. The van der Waals surface area contributed by atoms with Crippen LogP contribution in [0.2, 0.25) is 5.82 Å². The number of likely N-dealkylation sites (tertiary alicyclic amines) is 1. The van der Waals surface area contributed by atoms with E-state index in [1.165, 1.54) is 18.4 Å². The number of carboxylic acid groups (broad SMARTS) is 1. The molecule has 4 unspecified atom stereocenters. The zero-order valence-electron chi connectivity index (χ0n) is 19.2. The Morgan fingerprint density at radius 1 is 1.23 bits per heavy atom. The Balaban J connectivity index is 1.44. The van der Waals surface area contributed by atoms with Crippen LogP contribution in [0.15, 0.2) is 12.1 Å². The fourth-order valence-corrected chi connectivity index (χ4v) is 5.89. The molecule has 4 nitrogen and oxygen atoms in total. The predicted molar refractivity (Wildman–Crippen MR) is 122 cm³/mol. The van der Waals surface area contributed by atoms with Crippen molar-refractivity contribution in [3.05, 3.63) is 28.8 Å². The molecule has 1 N–H and O–H groups in total. The molecule has 1 aliphatic carbocycles. The third kappa shape index (κ3) is 4.02. The van der Waals surface area contributed by atoms with Crippen LogP contribution in [0.4, 0.5) is 0 Å². The number of aromatic carboxylic acids is 1. The Bertz CT molecular complexity index is 787. The highest BCUT2D eigenvalue weighted by Crippen LogP contribution is 2.65. The average Bonchev–Trinajstić information content (AvgIpc) is 3.40. The van der Waals surface area contributed by atoms with Gasteiger partial charge in [0.15, 0.2) is 0 Å². The van der Waals surface area contributed by atoms with Crippen molar-refractivity contribution in [1.29, 1.82) is 0 Å². The lowest BCUT2D eigenvalue weighted by atomic mass is 9.60. The van der Waals surface area contributed by atoms with Crippen molar-refractivity contribution in [3.8, 4) is 5.75 Å². The Morgan fingerprint density at radius 2 is 1.97 bits per heavy atom. The molecule has 1 saturated carbocycles. The maximum atomic E-state index is 12.2. The van der Waals surface area contributed by atoms with E-state index in [9.17, 15) is 9.90 Å². The molecule has 0 aromatic heterocycles. The lowest BCUT2D eigenvalue weighted by molar-refractivity contribution is -0.0142. The molecular formula is C25H37BNO3. The smallest absolute Gasteiger partial charge is 0.339 e. The summed E-state index contributed by atoms with van der Waals surface area (Å²) in [6.07, 6.45) is 4.50. The molecule has 1 radical (unpaired) electrons. The number of nitrogens with zero attached hydrogens (tertiary/aromatic N) is 1. The van der Waals surface area contributed by atoms with Gasteiger partial charge in [0.1, 0.15) is 24.7 Å². The van der Waals surface area contributed by atoms with Gasteiger partial charge in [0.05, 0.1) is 0 Å². The third-order valence-corrected chi connectivity index (χ3v) is 7.62. The zero-order chi connectivity index (χ0) is 21.6. The quantitative estimate of drug-likeness (QED) is 0.580. The van der Waals surface area contributed by atoms with Gasteiger partial charge in [-0.25, -0.2) is 4.79 Å². The van der Waals surface area contributed by atoms with Gasteiger partial charge in [-0.15, -0.1) is 0 Å². The molecule has 1 aromatic carbocycles. The topological polar surface area (TPSA) is 49.8 Å². The molecule has 2 heterocycles. The Labute approximate surface area is 182 Å². The molecular weight excluding hydrogens is 373 g/mol. The summed E-state index contributed by atoms with van der Waals surface area (Å²) in [5.74, 6) is 2.88. The largest absolute Gasteiger partial charge is 0.487 e. The summed E-state index contributed by atoms with van der Waals surface area (Å²) in [5.41, 5.74) is 2.65. The molecule has 1 saturated heterocycles. The first-order valence-corrected chi connectivity index (χ1v) is 11.9. The molecule has 4 atom stereocenters. The summed E-state index contributed by atoms with van der Waals surface area (Å²) in [5, 5.41) is 10.00. The van der Waals surface area contributed by atoms with Crippen LogP contribution in [0.3, 0.4) is 0 Å². The first-order valence-electron chi connectivity index (χ1n) is 11.9. The van der Waals surface area contributed by atoms with Crippen LogP contribution in [-0.4, -0.2) is 48.5 Å². The molecule has 2 aliphatic heterocycles. The van der Waals surface area contributed by atoms with E-state index in [1.807, 2.05) is 6.07 Å². The molecule has 5 heteroatoms. The molecule has 2 fully saturated rings. The van der Waals surface area contributed by atoms with Gasteiger partial charge >= 0.3 is 5.97 Å². The number of benzene rings is 1. The Morgan fingerprint density at radius 3 is 2.57 bits per heavy atom. The van der Waals surface area contributed by atoms with Gasteiger partial charge in [0.25, 0.3) is 0 Å². The van der Waals surface area contributed by atoms with Crippen LogP contribution < -0.4 is 4.74 Å². The first-order chi connectivity index (χ1) is 14.3. The van der Waals surface area contributed by atoms with Gasteiger partial charge in [-0.2, -0.15) is 0 Å². The third-order valence-electron chi connectivity index (χ3n) is 7.62. The minimum absolute atomic E-state index is 0.0962. The molecule has 1 aromatic rings. The normalized spacial score (nSPS) is 26.6. The van der Waals surface area contributed by atoms with Crippen molar-refractivity contribution < 1.29 is 14.6 Å². The number of fused-ring (bicyclic) bond motifs is 3. The molecule has 0 spiro atoms. The van der Waals surface area contributed by atoms with E-state index in [4.69, 9.17) is 4.74 Å². The van der Waals surface area contributed by atoms with E-state index < -0.39 is 5.97 Å². The molecule has 4 rings (SSSR count). The molecule has 0 amide bonds. The van der Waals surface area contributed by atoms with E-state index in [2.05, 4.69) is 52.9 Å². The van der Waals surface area contributed by atoms with Gasteiger partial charge in [0, 0.05) is 19.1 Å². The summed E-state index contributed by atoms with van der Waals surface area (Å²) in [7, 11) is 2.35. The van der Waals surface area contributed by atoms with Crippen molar-refractivity contribution in [1.82, 2.24) is 4.90 Å². The van der Waals surface area contributed by atoms with Crippen molar-refractivity contribution in [2.45, 2.75) is 84.1 Å². The lowest BCUT2D eigenvalue weighted by Crippen LogP contribution is -2.57. The number of rotatable bonds is 9. The molecule has 0 bridgehead atoms. The summed E-state index contributed by atoms with van der Waals surface area (Å²) >= 11 is 0. The van der Waals surface area contributed by atoms with E-state index in [1.54, 1.807) is 0 Å². The van der Waals surface area contributed by atoms with Crippen molar-refractivity contribution in [2.75, 3.05) is 13.1 Å². The maximum Gasteiger partial charge on any atom is 0.339 e. The second-order valence-corrected chi connectivity index (χ2v) is 10.4. The molecule has 163 valence electrons. The van der Waals surface area contributed by atoms with Gasteiger partial charge in [-0.05, 0) is 60.1 Å². The SMILES string of the molecule is CCC(CCC(C)C)N1CC(Oc2ccc3c(c2C(=O)O)C[B]C2C3C2C(C)C)C1. The number of carbonyl (C=O) groups is 1. The van der Waals surface area contributed by atoms with Crippen LogP contribution in [0.5, 0.6) is 5.75 Å². The van der Waals surface area contributed by atoms with Crippen LogP contribution in [0.25, 0.3) is 0 Å². The van der Waals surface area contributed by atoms with Crippen LogP contribution in [0.1, 0.15) is 81.3 Å². The Hall–Kier alpha value is -1.49. The minimum atomic E-state index is -0.852. The monoisotopic (exact) mass is 410 g/mol. The van der Waals surface area contributed by atoms with Crippen molar-refractivity contribution in [3.63, 3.8) is 0 Å². The predicted octanol–water partition coefficient (Wildman–Crippen LogP) is 5.04. The zero-order valence-corrected chi connectivity index (χ0v) is 19.2. The maximum absolute atomic E-state index is 12.2. The lowest BCUT2D eigenvalue weighted by Gasteiger charge is -2.44. The highest BCUT2D eigenvalue weighted by molar-refractivity contribution is 6.40. The second-order valence-electron chi connectivity index (χ2n) is 10.4. The highest BCUT2D eigenvalue weighted by atomic mass is 16.5. The van der Waals surface area contributed by atoms with Crippen LogP contribution in [-0.2, 0) is 6.32 Å². The van der Waals surface area contributed by atoms with Crippen LogP contribution in [0, 0.1) is 17.8 Å². The Kier molecular flexibility index (Phi) is 6.21. The fourth-order valence-electron chi connectivity index (χ4n) is 5.89. The van der Waals surface area contributed by atoms with Gasteiger partial charge in [-0.3, -0.25) is 4.90 Å². The number of carboxylic acids is 1. The van der Waals surface area contributed by atoms with E-state index in [0.29, 0.717) is 40.9 Å². The second kappa shape index (κ2) is 8.57. The highest BCUT2D eigenvalue weighted by Gasteiger charge is 2.54. The summed E-state index contributed by atoms with van der Waals surface area (Å²) in [4.78, 5) is 14.7. The number of ether oxygens (including phenoxy) is 1. The molecule has 3 aliphatic rings.